The van der Waals surface area contributed by atoms with Crippen LogP contribution in [0, 0.1) is 13.8 Å². The second-order valence-corrected chi connectivity index (χ2v) is 4.77. The Morgan fingerprint density at radius 2 is 2.12 bits per heavy atom. The van der Waals surface area contributed by atoms with E-state index in [1.165, 1.54) is 33.6 Å². The highest BCUT2D eigenvalue weighted by atomic mass is 15.1. The van der Waals surface area contributed by atoms with Crippen LogP contribution in [0.1, 0.15) is 22.4 Å². The zero-order valence-electron chi connectivity index (χ0n) is 10.3. The van der Waals surface area contributed by atoms with E-state index in [1.54, 1.807) is 0 Å². The minimum Gasteiger partial charge on any atom is -0.312 e. The summed E-state index contributed by atoms with van der Waals surface area (Å²) in [5, 5.41) is 11.0. The van der Waals surface area contributed by atoms with Gasteiger partial charge in [-0.15, -0.1) is 0 Å². The normalized spacial score (nSPS) is 14.7. The van der Waals surface area contributed by atoms with E-state index in [9.17, 15) is 0 Å². The average Bonchev–Trinajstić information content (AvgIpc) is 2.73. The molecule has 1 aromatic heterocycles. The van der Waals surface area contributed by atoms with Crippen LogP contribution < -0.4 is 5.32 Å². The second-order valence-electron chi connectivity index (χ2n) is 4.77. The van der Waals surface area contributed by atoms with Gasteiger partial charge in [0, 0.05) is 30.6 Å². The van der Waals surface area contributed by atoms with Gasteiger partial charge in [-0.3, -0.25) is 5.10 Å². The highest BCUT2D eigenvalue weighted by Crippen LogP contribution is 2.28. The van der Waals surface area contributed by atoms with Gasteiger partial charge in [-0.1, -0.05) is 23.8 Å². The monoisotopic (exact) mass is 227 g/mol. The van der Waals surface area contributed by atoms with E-state index in [2.05, 4.69) is 47.6 Å². The third kappa shape index (κ3) is 1.76. The summed E-state index contributed by atoms with van der Waals surface area (Å²) in [5.74, 6) is 0. The quantitative estimate of drug-likeness (QED) is 0.785. The van der Waals surface area contributed by atoms with Gasteiger partial charge in [-0.25, -0.2) is 0 Å². The van der Waals surface area contributed by atoms with Crippen molar-refractivity contribution < 1.29 is 0 Å². The summed E-state index contributed by atoms with van der Waals surface area (Å²) in [6.45, 7) is 6.24. The molecule has 2 aromatic rings. The maximum Gasteiger partial charge on any atom is 0.0700 e. The first-order valence-electron chi connectivity index (χ1n) is 6.10. The third-order valence-electron chi connectivity index (χ3n) is 3.44. The maximum atomic E-state index is 4.43. The maximum absolute atomic E-state index is 4.43. The van der Waals surface area contributed by atoms with E-state index in [0.29, 0.717) is 0 Å². The summed E-state index contributed by atoms with van der Waals surface area (Å²) >= 11 is 0. The first-order valence-corrected chi connectivity index (χ1v) is 6.10. The molecule has 3 nitrogen and oxygen atoms in total. The minimum atomic E-state index is 0.925. The summed E-state index contributed by atoms with van der Waals surface area (Å²) in [7, 11) is 0. The molecular weight excluding hydrogens is 210 g/mol. The van der Waals surface area contributed by atoms with Crippen LogP contribution in [0.5, 0.6) is 0 Å². The third-order valence-corrected chi connectivity index (χ3v) is 3.44. The molecule has 0 saturated carbocycles. The van der Waals surface area contributed by atoms with Crippen molar-refractivity contribution in [1.29, 1.82) is 0 Å². The minimum absolute atomic E-state index is 0.925. The summed E-state index contributed by atoms with van der Waals surface area (Å²) in [4.78, 5) is 0. The Kier molecular flexibility index (Phi) is 2.48. The zero-order chi connectivity index (χ0) is 11.8. The standard InChI is InChI=1S/C14H17N3/c1-9-3-4-11(10(2)7-9)14-12-8-15-6-5-13(12)16-17-14/h3-4,7,15H,5-6,8H2,1-2H3,(H,16,17). The topological polar surface area (TPSA) is 40.7 Å². The molecule has 1 aliphatic heterocycles. The van der Waals surface area contributed by atoms with E-state index < -0.39 is 0 Å². The van der Waals surface area contributed by atoms with Gasteiger partial charge in [0.15, 0.2) is 0 Å². The van der Waals surface area contributed by atoms with Crippen molar-refractivity contribution in [2.24, 2.45) is 0 Å². The molecule has 88 valence electrons. The molecule has 0 atom stereocenters. The highest BCUT2D eigenvalue weighted by molar-refractivity contribution is 5.68. The molecule has 0 aliphatic carbocycles. The van der Waals surface area contributed by atoms with E-state index in [1.807, 2.05) is 0 Å². The molecule has 2 N–H and O–H groups in total. The molecule has 0 saturated heterocycles. The Balaban J connectivity index is 2.12. The smallest absolute Gasteiger partial charge is 0.0700 e. The molecule has 0 radical (unpaired) electrons. The lowest BCUT2D eigenvalue weighted by Gasteiger charge is -2.13. The highest BCUT2D eigenvalue weighted by Gasteiger charge is 2.18. The fraction of sp³-hybridized carbons (Fsp3) is 0.357. The number of hydrogen-bond acceptors (Lipinski definition) is 2. The van der Waals surface area contributed by atoms with Crippen molar-refractivity contribution in [1.82, 2.24) is 15.5 Å². The number of hydrogen-bond donors (Lipinski definition) is 2. The number of fused-ring (bicyclic) bond motifs is 1. The number of nitrogens with one attached hydrogen (secondary N) is 2. The Bertz CT molecular complexity index is 555. The van der Waals surface area contributed by atoms with Crippen molar-refractivity contribution in [3.8, 4) is 11.3 Å². The lowest BCUT2D eigenvalue weighted by Crippen LogP contribution is -2.23. The number of aryl methyl sites for hydroxylation is 2. The molecule has 3 heteroatoms. The molecule has 2 heterocycles. The largest absolute Gasteiger partial charge is 0.312 e. The predicted octanol–water partition coefficient (Wildman–Crippen LogP) is 2.34. The van der Waals surface area contributed by atoms with Crippen molar-refractivity contribution >= 4 is 0 Å². The van der Waals surface area contributed by atoms with Gasteiger partial charge in [0.2, 0.25) is 0 Å². The predicted molar refractivity (Wildman–Crippen MR) is 68.9 cm³/mol. The van der Waals surface area contributed by atoms with Crippen molar-refractivity contribution in [2.75, 3.05) is 6.54 Å². The van der Waals surface area contributed by atoms with Crippen LogP contribution in [0.25, 0.3) is 11.3 Å². The van der Waals surface area contributed by atoms with Crippen molar-refractivity contribution in [2.45, 2.75) is 26.8 Å². The van der Waals surface area contributed by atoms with Gasteiger partial charge in [0.1, 0.15) is 0 Å². The van der Waals surface area contributed by atoms with E-state index >= 15 is 0 Å². The molecule has 1 aliphatic rings. The zero-order valence-corrected chi connectivity index (χ0v) is 10.3. The number of aromatic amines is 1. The fourth-order valence-electron chi connectivity index (χ4n) is 2.54. The molecule has 0 spiro atoms. The van der Waals surface area contributed by atoms with Crippen LogP contribution in [-0.4, -0.2) is 16.7 Å². The summed E-state index contributed by atoms with van der Waals surface area (Å²) < 4.78 is 0. The van der Waals surface area contributed by atoms with Gasteiger partial charge < -0.3 is 5.32 Å². The number of aromatic nitrogens is 2. The summed E-state index contributed by atoms with van der Waals surface area (Å²) in [6.07, 6.45) is 1.02. The molecule has 17 heavy (non-hydrogen) atoms. The Morgan fingerprint density at radius 1 is 1.24 bits per heavy atom. The van der Waals surface area contributed by atoms with Gasteiger partial charge >= 0.3 is 0 Å². The Morgan fingerprint density at radius 3 is 2.94 bits per heavy atom. The molecule has 1 aromatic carbocycles. The fourth-order valence-corrected chi connectivity index (χ4v) is 2.54. The Labute approximate surface area is 101 Å². The lowest BCUT2D eigenvalue weighted by molar-refractivity contribution is 0.637. The molecular formula is C14H17N3. The molecule has 0 unspecified atom stereocenters. The summed E-state index contributed by atoms with van der Waals surface area (Å²) in [5.41, 5.74) is 7.62. The first kappa shape index (κ1) is 10.5. The second kappa shape index (κ2) is 4.00. The van der Waals surface area contributed by atoms with Gasteiger partial charge in [-0.05, 0) is 19.4 Å². The number of nitrogens with zero attached hydrogens (tertiary/aromatic N) is 1. The van der Waals surface area contributed by atoms with Crippen LogP contribution in [0.2, 0.25) is 0 Å². The SMILES string of the molecule is Cc1ccc(-c2[nH]nc3c2CNCC3)c(C)c1. The van der Waals surface area contributed by atoms with E-state index in [4.69, 9.17) is 0 Å². The number of rotatable bonds is 1. The molecule has 0 amide bonds. The van der Waals surface area contributed by atoms with Crippen molar-refractivity contribution in [3.05, 3.63) is 40.6 Å². The van der Waals surface area contributed by atoms with Crippen LogP contribution >= 0.6 is 0 Å². The average molecular weight is 227 g/mol. The van der Waals surface area contributed by atoms with Crippen LogP contribution in [0.4, 0.5) is 0 Å². The van der Waals surface area contributed by atoms with Gasteiger partial charge in [0.25, 0.3) is 0 Å². The van der Waals surface area contributed by atoms with Crippen LogP contribution in [-0.2, 0) is 13.0 Å². The first-order chi connectivity index (χ1) is 8.25. The molecule has 0 fully saturated rings. The number of H-pyrrole nitrogens is 1. The van der Waals surface area contributed by atoms with Crippen LogP contribution in [0.3, 0.4) is 0 Å². The lowest BCUT2D eigenvalue weighted by atomic mass is 9.98. The molecule has 3 rings (SSSR count). The van der Waals surface area contributed by atoms with Crippen LogP contribution in [0.15, 0.2) is 18.2 Å². The van der Waals surface area contributed by atoms with Gasteiger partial charge in [0.05, 0.1) is 11.4 Å². The molecule has 0 bridgehead atoms. The number of benzene rings is 1. The summed E-state index contributed by atoms with van der Waals surface area (Å²) in [6, 6.07) is 6.57. The van der Waals surface area contributed by atoms with E-state index in [0.717, 1.165) is 19.5 Å². The van der Waals surface area contributed by atoms with Gasteiger partial charge in [-0.2, -0.15) is 5.10 Å². The van der Waals surface area contributed by atoms with Crippen molar-refractivity contribution in [3.63, 3.8) is 0 Å². The van der Waals surface area contributed by atoms with E-state index in [-0.39, 0.29) is 0 Å². The Hall–Kier alpha value is -1.61.